The molecule has 1 amide bonds. The second kappa shape index (κ2) is 10.0. The van der Waals surface area contributed by atoms with Gasteiger partial charge in [0.15, 0.2) is 0 Å². The van der Waals surface area contributed by atoms with Gasteiger partial charge in [0, 0.05) is 12.1 Å². The zero-order valence-corrected chi connectivity index (χ0v) is 16.0. The molecule has 3 rings (SSSR count). The van der Waals surface area contributed by atoms with Gasteiger partial charge >= 0.3 is 5.97 Å². The van der Waals surface area contributed by atoms with Crippen LogP contribution < -0.4 is 5.32 Å². The van der Waals surface area contributed by atoms with Crippen LogP contribution in [0.3, 0.4) is 0 Å². The zero-order chi connectivity index (χ0) is 19.8. The summed E-state index contributed by atoms with van der Waals surface area (Å²) in [6.45, 7) is 0.556. The van der Waals surface area contributed by atoms with Crippen LogP contribution in [0.4, 0.5) is 5.69 Å². The van der Waals surface area contributed by atoms with Crippen molar-refractivity contribution in [3.8, 4) is 0 Å². The lowest BCUT2D eigenvalue weighted by molar-refractivity contribution is -0.116. The summed E-state index contributed by atoms with van der Waals surface area (Å²) in [6, 6.07) is 14.5. The molecule has 1 aliphatic rings. The number of carboxylic acid groups (broad SMARTS) is 1. The van der Waals surface area contributed by atoms with Crippen molar-refractivity contribution in [2.24, 2.45) is 0 Å². The third-order valence-electron chi connectivity index (χ3n) is 5.12. The lowest BCUT2D eigenvalue weighted by Gasteiger charge is -2.22. The van der Waals surface area contributed by atoms with Crippen LogP contribution in [-0.4, -0.2) is 23.1 Å². The van der Waals surface area contributed by atoms with Gasteiger partial charge in [-0.25, -0.2) is 4.79 Å². The zero-order valence-electron chi connectivity index (χ0n) is 16.0. The average molecular weight is 381 g/mol. The predicted molar refractivity (Wildman–Crippen MR) is 108 cm³/mol. The van der Waals surface area contributed by atoms with E-state index in [0.717, 1.165) is 24.1 Å². The van der Waals surface area contributed by atoms with E-state index in [1.165, 1.54) is 19.3 Å². The highest BCUT2D eigenvalue weighted by atomic mass is 16.5. The maximum absolute atomic E-state index is 12.3. The fourth-order valence-electron chi connectivity index (χ4n) is 3.60. The van der Waals surface area contributed by atoms with E-state index in [0.29, 0.717) is 24.7 Å². The molecule has 1 saturated carbocycles. The predicted octanol–water partition coefficient (Wildman–Crippen LogP) is 4.81. The number of amides is 1. The van der Waals surface area contributed by atoms with Crippen molar-refractivity contribution in [2.45, 2.75) is 57.7 Å². The van der Waals surface area contributed by atoms with Crippen molar-refractivity contribution in [3.05, 3.63) is 65.2 Å². The van der Waals surface area contributed by atoms with E-state index in [-0.39, 0.29) is 17.9 Å². The Balaban J connectivity index is 1.51. The molecule has 0 spiro atoms. The van der Waals surface area contributed by atoms with Gasteiger partial charge in [0.2, 0.25) is 5.91 Å². The van der Waals surface area contributed by atoms with Gasteiger partial charge in [0.05, 0.1) is 18.3 Å². The number of aryl methyl sites for hydroxylation is 1. The van der Waals surface area contributed by atoms with Gasteiger partial charge in [-0.05, 0) is 48.6 Å². The molecule has 2 aromatic rings. The summed E-state index contributed by atoms with van der Waals surface area (Å²) >= 11 is 0. The third kappa shape index (κ3) is 5.92. The third-order valence-corrected chi connectivity index (χ3v) is 5.12. The molecule has 1 aliphatic carbocycles. The normalized spacial score (nSPS) is 14.6. The standard InChI is InChI=1S/C23H27NO4/c25-22(14-13-18-8-4-5-12-21(18)23(26)27)24-19-9-6-7-17(15-19)16-28-20-10-2-1-3-11-20/h4-9,12,15,20H,1-3,10-11,13-14,16H2,(H,24,25)(H,26,27). The van der Waals surface area contributed by atoms with Crippen LogP contribution in [0, 0.1) is 0 Å². The highest BCUT2D eigenvalue weighted by Crippen LogP contribution is 2.22. The number of anilines is 1. The van der Waals surface area contributed by atoms with Gasteiger partial charge in [-0.1, -0.05) is 49.6 Å². The summed E-state index contributed by atoms with van der Waals surface area (Å²) in [4.78, 5) is 23.6. The monoisotopic (exact) mass is 381 g/mol. The first kappa shape index (κ1) is 20.1. The molecular formula is C23H27NO4. The number of aromatic carboxylic acids is 1. The molecule has 0 bridgehead atoms. The molecule has 2 N–H and O–H groups in total. The molecule has 0 radical (unpaired) electrons. The Bertz CT molecular complexity index is 812. The van der Waals surface area contributed by atoms with Gasteiger partial charge in [-0.3, -0.25) is 4.79 Å². The number of ether oxygens (including phenoxy) is 1. The fourth-order valence-corrected chi connectivity index (χ4v) is 3.60. The van der Waals surface area contributed by atoms with Crippen LogP contribution in [0.1, 0.15) is 60.0 Å². The van der Waals surface area contributed by atoms with E-state index in [1.54, 1.807) is 24.3 Å². The molecule has 0 atom stereocenters. The average Bonchev–Trinajstić information content (AvgIpc) is 2.72. The first-order valence-electron chi connectivity index (χ1n) is 9.93. The lowest BCUT2D eigenvalue weighted by atomic mass is 9.98. The number of nitrogens with one attached hydrogen (secondary N) is 1. The van der Waals surface area contributed by atoms with E-state index in [2.05, 4.69) is 5.32 Å². The van der Waals surface area contributed by atoms with Crippen LogP contribution >= 0.6 is 0 Å². The fraction of sp³-hybridized carbons (Fsp3) is 0.391. The van der Waals surface area contributed by atoms with Gasteiger partial charge in [-0.2, -0.15) is 0 Å². The minimum absolute atomic E-state index is 0.134. The number of hydrogen-bond acceptors (Lipinski definition) is 3. The van der Waals surface area contributed by atoms with Gasteiger partial charge in [-0.15, -0.1) is 0 Å². The second-order valence-corrected chi connectivity index (χ2v) is 7.28. The highest BCUT2D eigenvalue weighted by Gasteiger charge is 2.14. The number of benzene rings is 2. The Morgan fingerprint density at radius 1 is 1.04 bits per heavy atom. The van der Waals surface area contributed by atoms with Crippen LogP contribution in [0.15, 0.2) is 48.5 Å². The SMILES string of the molecule is O=C(CCc1ccccc1C(=O)O)Nc1cccc(COC2CCCCC2)c1. The number of carbonyl (C=O) groups excluding carboxylic acids is 1. The van der Waals surface area contributed by atoms with Gasteiger partial charge in [0.1, 0.15) is 0 Å². The molecular weight excluding hydrogens is 354 g/mol. The van der Waals surface area contributed by atoms with Crippen molar-refractivity contribution < 1.29 is 19.4 Å². The summed E-state index contributed by atoms with van der Waals surface area (Å²) < 4.78 is 6.00. The van der Waals surface area contributed by atoms with Crippen molar-refractivity contribution in [2.75, 3.05) is 5.32 Å². The Kier molecular flexibility index (Phi) is 7.20. The van der Waals surface area contributed by atoms with Crippen LogP contribution in [0.2, 0.25) is 0 Å². The molecule has 0 heterocycles. The molecule has 28 heavy (non-hydrogen) atoms. The first-order chi connectivity index (χ1) is 13.6. The largest absolute Gasteiger partial charge is 0.478 e. The minimum Gasteiger partial charge on any atom is -0.478 e. The number of hydrogen-bond donors (Lipinski definition) is 2. The number of rotatable bonds is 8. The molecule has 148 valence electrons. The van der Waals surface area contributed by atoms with E-state index in [4.69, 9.17) is 4.74 Å². The number of carboxylic acids is 1. The molecule has 0 aliphatic heterocycles. The summed E-state index contributed by atoms with van der Waals surface area (Å²) in [6.07, 6.45) is 7.02. The molecule has 2 aromatic carbocycles. The van der Waals surface area contributed by atoms with Crippen molar-refractivity contribution in [1.82, 2.24) is 0 Å². The lowest BCUT2D eigenvalue weighted by Crippen LogP contribution is -2.16. The maximum atomic E-state index is 12.3. The highest BCUT2D eigenvalue weighted by molar-refractivity contribution is 5.92. The van der Waals surface area contributed by atoms with E-state index in [1.807, 2.05) is 24.3 Å². The molecule has 5 heteroatoms. The summed E-state index contributed by atoms with van der Waals surface area (Å²) in [7, 11) is 0. The van der Waals surface area contributed by atoms with Crippen LogP contribution in [0.25, 0.3) is 0 Å². The van der Waals surface area contributed by atoms with E-state index >= 15 is 0 Å². The summed E-state index contributed by atoms with van der Waals surface area (Å²) in [5, 5.41) is 12.1. The van der Waals surface area contributed by atoms with Crippen molar-refractivity contribution in [3.63, 3.8) is 0 Å². The summed E-state index contributed by atoms with van der Waals surface area (Å²) in [5.41, 5.74) is 2.69. The van der Waals surface area contributed by atoms with Crippen molar-refractivity contribution >= 4 is 17.6 Å². The van der Waals surface area contributed by atoms with E-state index in [9.17, 15) is 14.7 Å². The Morgan fingerprint density at radius 2 is 1.82 bits per heavy atom. The van der Waals surface area contributed by atoms with Gasteiger partial charge < -0.3 is 15.2 Å². The van der Waals surface area contributed by atoms with Crippen LogP contribution in [0.5, 0.6) is 0 Å². The Morgan fingerprint density at radius 3 is 2.61 bits per heavy atom. The van der Waals surface area contributed by atoms with Gasteiger partial charge in [0.25, 0.3) is 0 Å². The maximum Gasteiger partial charge on any atom is 0.335 e. The Labute approximate surface area is 165 Å². The minimum atomic E-state index is -0.971. The smallest absolute Gasteiger partial charge is 0.335 e. The topological polar surface area (TPSA) is 75.6 Å². The quantitative estimate of drug-likeness (QED) is 0.688. The van der Waals surface area contributed by atoms with E-state index < -0.39 is 5.97 Å². The first-order valence-corrected chi connectivity index (χ1v) is 9.93. The molecule has 0 saturated heterocycles. The van der Waals surface area contributed by atoms with Crippen LogP contribution in [-0.2, 0) is 22.6 Å². The summed E-state index contributed by atoms with van der Waals surface area (Å²) in [5.74, 6) is -1.10. The molecule has 5 nitrogen and oxygen atoms in total. The van der Waals surface area contributed by atoms with Crippen molar-refractivity contribution in [1.29, 1.82) is 0 Å². The molecule has 0 aromatic heterocycles. The second-order valence-electron chi connectivity index (χ2n) is 7.28. The Hall–Kier alpha value is -2.66. The number of carbonyl (C=O) groups is 2. The molecule has 0 unspecified atom stereocenters. The molecule has 1 fully saturated rings.